The van der Waals surface area contributed by atoms with E-state index in [9.17, 15) is 4.79 Å². The van der Waals surface area contributed by atoms with Crippen LogP contribution in [0.25, 0.3) is 0 Å². The average molecular weight is 339 g/mol. The van der Waals surface area contributed by atoms with E-state index >= 15 is 0 Å². The summed E-state index contributed by atoms with van der Waals surface area (Å²) in [6, 6.07) is 3.52. The Bertz CT molecular complexity index is 579. The van der Waals surface area contributed by atoms with Crippen LogP contribution in [-0.4, -0.2) is 26.6 Å². The highest BCUT2D eigenvalue weighted by atomic mass is 79.9. The number of amides is 1. The Morgan fingerprint density at radius 3 is 3.00 bits per heavy atom. The van der Waals surface area contributed by atoms with Crippen molar-refractivity contribution in [1.82, 2.24) is 15.0 Å². The Labute approximate surface area is 123 Å². The van der Waals surface area contributed by atoms with Gasteiger partial charge in [0.1, 0.15) is 5.69 Å². The Kier molecular flexibility index (Phi) is 4.86. The fraction of sp³-hybridized carbons (Fsp3) is 0.167. The summed E-state index contributed by atoms with van der Waals surface area (Å²) in [5, 5.41) is 3.32. The molecule has 0 atom stereocenters. The van der Waals surface area contributed by atoms with E-state index in [4.69, 9.17) is 0 Å². The van der Waals surface area contributed by atoms with Crippen LogP contribution in [0.4, 0.5) is 5.69 Å². The SMILES string of the molecule is CCSc1ncc(Br)c(C(=O)Nc2cccnc2)n1. The summed E-state index contributed by atoms with van der Waals surface area (Å²) in [5.74, 6) is 0.561. The van der Waals surface area contributed by atoms with Gasteiger partial charge in [-0.2, -0.15) is 0 Å². The van der Waals surface area contributed by atoms with Crippen molar-refractivity contribution < 1.29 is 4.79 Å². The molecule has 0 aromatic carbocycles. The van der Waals surface area contributed by atoms with Gasteiger partial charge < -0.3 is 5.32 Å². The van der Waals surface area contributed by atoms with Gasteiger partial charge in [-0.3, -0.25) is 9.78 Å². The van der Waals surface area contributed by atoms with Crippen LogP contribution < -0.4 is 5.32 Å². The second kappa shape index (κ2) is 6.63. The smallest absolute Gasteiger partial charge is 0.275 e. The quantitative estimate of drug-likeness (QED) is 0.685. The highest BCUT2D eigenvalue weighted by Crippen LogP contribution is 2.19. The van der Waals surface area contributed by atoms with E-state index in [1.54, 1.807) is 30.7 Å². The molecule has 1 N–H and O–H groups in total. The van der Waals surface area contributed by atoms with Crippen molar-refractivity contribution in [3.05, 3.63) is 40.9 Å². The van der Waals surface area contributed by atoms with Gasteiger partial charge in [0.25, 0.3) is 5.91 Å². The van der Waals surface area contributed by atoms with Crippen molar-refractivity contribution in [2.75, 3.05) is 11.1 Å². The second-order valence-electron chi connectivity index (χ2n) is 3.48. The lowest BCUT2D eigenvalue weighted by molar-refractivity contribution is 0.102. The molecule has 2 rings (SSSR count). The molecule has 5 nitrogen and oxygen atoms in total. The van der Waals surface area contributed by atoms with Gasteiger partial charge in [-0.05, 0) is 33.8 Å². The van der Waals surface area contributed by atoms with E-state index in [2.05, 4.69) is 36.2 Å². The molecule has 0 aliphatic rings. The molecular formula is C12H11BrN4OS. The molecule has 19 heavy (non-hydrogen) atoms. The molecule has 2 heterocycles. The molecule has 0 spiro atoms. The van der Waals surface area contributed by atoms with Crippen molar-refractivity contribution in [2.45, 2.75) is 12.1 Å². The van der Waals surface area contributed by atoms with E-state index in [0.717, 1.165) is 5.75 Å². The highest BCUT2D eigenvalue weighted by molar-refractivity contribution is 9.10. The minimum atomic E-state index is -0.291. The van der Waals surface area contributed by atoms with Crippen LogP contribution in [0.5, 0.6) is 0 Å². The summed E-state index contributed by atoms with van der Waals surface area (Å²) in [6.07, 6.45) is 4.81. The fourth-order valence-electron chi connectivity index (χ4n) is 1.34. The first-order valence-electron chi connectivity index (χ1n) is 5.57. The minimum absolute atomic E-state index is 0.291. The zero-order valence-electron chi connectivity index (χ0n) is 10.1. The van der Waals surface area contributed by atoms with Gasteiger partial charge in [0, 0.05) is 12.4 Å². The largest absolute Gasteiger partial charge is 0.319 e. The number of nitrogens with zero attached hydrogens (tertiary/aromatic N) is 3. The number of pyridine rings is 1. The molecule has 7 heteroatoms. The monoisotopic (exact) mass is 338 g/mol. The molecule has 98 valence electrons. The molecule has 0 saturated heterocycles. The highest BCUT2D eigenvalue weighted by Gasteiger charge is 2.14. The number of carbonyl (C=O) groups excluding carboxylic acids is 1. The molecule has 0 fully saturated rings. The maximum atomic E-state index is 12.1. The molecule has 0 bridgehead atoms. The average Bonchev–Trinajstić information content (AvgIpc) is 2.42. The molecular weight excluding hydrogens is 328 g/mol. The van der Waals surface area contributed by atoms with Crippen molar-refractivity contribution in [1.29, 1.82) is 0 Å². The number of rotatable bonds is 4. The number of halogens is 1. The van der Waals surface area contributed by atoms with Crippen molar-refractivity contribution in [3.63, 3.8) is 0 Å². The molecule has 0 aliphatic carbocycles. The third kappa shape index (κ3) is 3.74. The third-order valence-corrected chi connectivity index (χ3v) is 3.45. The first-order valence-corrected chi connectivity index (χ1v) is 7.35. The zero-order valence-corrected chi connectivity index (χ0v) is 12.5. The number of hydrogen-bond acceptors (Lipinski definition) is 5. The molecule has 0 aliphatic heterocycles. The first-order chi connectivity index (χ1) is 9.20. The number of hydrogen-bond donors (Lipinski definition) is 1. The van der Waals surface area contributed by atoms with E-state index in [1.165, 1.54) is 11.8 Å². The maximum Gasteiger partial charge on any atom is 0.275 e. The van der Waals surface area contributed by atoms with Gasteiger partial charge in [0.15, 0.2) is 5.16 Å². The lowest BCUT2D eigenvalue weighted by Gasteiger charge is -2.06. The van der Waals surface area contributed by atoms with Crippen molar-refractivity contribution >= 4 is 39.3 Å². The summed E-state index contributed by atoms with van der Waals surface area (Å²) in [6.45, 7) is 2.01. The van der Waals surface area contributed by atoms with Crippen LogP contribution in [-0.2, 0) is 0 Å². The van der Waals surface area contributed by atoms with Crippen molar-refractivity contribution in [2.24, 2.45) is 0 Å². The number of thioether (sulfide) groups is 1. The first kappa shape index (κ1) is 14.0. The minimum Gasteiger partial charge on any atom is -0.319 e. The third-order valence-electron chi connectivity index (χ3n) is 2.13. The molecule has 2 aromatic rings. The van der Waals surface area contributed by atoms with E-state index in [1.807, 2.05) is 6.92 Å². The lowest BCUT2D eigenvalue weighted by Crippen LogP contribution is -2.15. The Hall–Kier alpha value is -1.47. The standard InChI is InChI=1S/C12H11BrN4OS/c1-2-19-12-15-7-9(13)10(17-12)11(18)16-8-4-3-5-14-6-8/h3-7H,2H2,1H3,(H,16,18). The Morgan fingerprint density at radius 1 is 1.47 bits per heavy atom. The summed E-state index contributed by atoms with van der Waals surface area (Å²) in [7, 11) is 0. The van der Waals surface area contributed by atoms with Crippen LogP contribution in [0.2, 0.25) is 0 Å². The van der Waals surface area contributed by atoms with E-state index < -0.39 is 0 Å². The number of carbonyl (C=O) groups is 1. The number of anilines is 1. The van der Waals surface area contributed by atoms with Gasteiger partial charge >= 0.3 is 0 Å². The maximum absolute atomic E-state index is 12.1. The van der Waals surface area contributed by atoms with E-state index in [0.29, 0.717) is 21.0 Å². The van der Waals surface area contributed by atoms with Crippen LogP contribution in [0.15, 0.2) is 40.4 Å². The molecule has 1 amide bonds. The van der Waals surface area contributed by atoms with Gasteiger partial charge in [-0.15, -0.1) is 0 Å². The summed E-state index contributed by atoms with van der Waals surface area (Å²) >= 11 is 4.77. The Morgan fingerprint density at radius 2 is 2.32 bits per heavy atom. The summed E-state index contributed by atoms with van der Waals surface area (Å²) in [5.41, 5.74) is 0.942. The van der Waals surface area contributed by atoms with E-state index in [-0.39, 0.29) is 5.91 Å². The second-order valence-corrected chi connectivity index (χ2v) is 5.56. The predicted molar refractivity (Wildman–Crippen MR) is 78.3 cm³/mol. The van der Waals surface area contributed by atoms with Crippen LogP contribution in [0.1, 0.15) is 17.4 Å². The molecule has 0 unspecified atom stereocenters. The van der Waals surface area contributed by atoms with Gasteiger partial charge in [-0.25, -0.2) is 9.97 Å². The number of nitrogens with one attached hydrogen (secondary N) is 1. The van der Waals surface area contributed by atoms with Crippen LogP contribution in [0, 0.1) is 0 Å². The topological polar surface area (TPSA) is 67.8 Å². The van der Waals surface area contributed by atoms with Gasteiger partial charge in [-0.1, -0.05) is 18.7 Å². The van der Waals surface area contributed by atoms with Gasteiger partial charge in [0.2, 0.25) is 0 Å². The summed E-state index contributed by atoms with van der Waals surface area (Å²) in [4.78, 5) is 24.4. The van der Waals surface area contributed by atoms with Crippen LogP contribution in [0.3, 0.4) is 0 Å². The summed E-state index contributed by atoms with van der Waals surface area (Å²) < 4.78 is 0.564. The van der Waals surface area contributed by atoms with Gasteiger partial charge in [0.05, 0.1) is 16.4 Å². The predicted octanol–water partition coefficient (Wildman–Crippen LogP) is 3.00. The molecule has 2 aromatic heterocycles. The van der Waals surface area contributed by atoms with Crippen LogP contribution >= 0.6 is 27.7 Å². The Balaban J connectivity index is 2.21. The number of aromatic nitrogens is 3. The van der Waals surface area contributed by atoms with Crippen molar-refractivity contribution in [3.8, 4) is 0 Å². The zero-order chi connectivity index (χ0) is 13.7. The molecule has 0 radical (unpaired) electrons. The fourth-order valence-corrected chi connectivity index (χ4v) is 2.25. The normalized spacial score (nSPS) is 10.2. The molecule has 0 saturated carbocycles. The lowest BCUT2D eigenvalue weighted by atomic mass is 10.3.